The summed E-state index contributed by atoms with van der Waals surface area (Å²) in [7, 11) is 0. The quantitative estimate of drug-likeness (QED) is 0.839. The Labute approximate surface area is 125 Å². The van der Waals surface area contributed by atoms with Crippen LogP contribution in [0.3, 0.4) is 0 Å². The number of halogens is 3. The zero-order valence-corrected chi connectivity index (χ0v) is 12.7. The number of fused-ring (bicyclic) bond motifs is 1. The van der Waals surface area contributed by atoms with Gasteiger partial charge < -0.3 is 10.2 Å². The van der Waals surface area contributed by atoms with Gasteiger partial charge in [-0.3, -0.25) is 0 Å². The molecule has 21 heavy (non-hydrogen) atoms. The highest BCUT2D eigenvalue weighted by Crippen LogP contribution is 2.35. The molecule has 4 unspecified atom stereocenters. The first-order valence-electron chi connectivity index (χ1n) is 8.57. The predicted octanol–water partition coefficient (Wildman–Crippen LogP) is 3.57. The minimum atomic E-state index is -4.02. The van der Waals surface area contributed by atoms with Crippen molar-refractivity contribution in [2.45, 2.75) is 69.6 Å². The molecule has 122 valence electrons. The van der Waals surface area contributed by atoms with Crippen molar-refractivity contribution in [1.82, 2.24) is 10.2 Å². The summed E-state index contributed by atoms with van der Waals surface area (Å²) in [5.41, 5.74) is 0. The summed E-state index contributed by atoms with van der Waals surface area (Å²) < 4.78 is 38.6. The molecule has 2 aliphatic heterocycles. The summed E-state index contributed by atoms with van der Waals surface area (Å²) in [5, 5.41) is 3.73. The van der Waals surface area contributed by atoms with Gasteiger partial charge in [-0.2, -0.15) is 13.2 Å². The molecule has 3 rings (SSSR count). The van der Waals surface area contributed by atoms with Crippen LogP contribution in [-0.4, -0.2) is 42.8 Å². The molecule has 2 saturated heterocycles. The standard InChI is InChI=1S/C16H27F3N2/c17-16(18,19)13-5-3-9-21(10-13)11-14-8-7-12-4-1-2-6-15(12)20-14/h12-15,20H,1-11H2. The molecule has 0 aromatic heterocycles. The normalized spacial score (nSPS) is 39.0. The van der Waals surface area contributed by atoms with Gasteiger partial charge in [0.15, 0.2) is 0 Å². The van der Waals surface area contributed by atoms with E-state index in [-0.39, 0.29) is 6.54 Å². The number of rotatable bonds is 2. The molecule has 0 spiro atoms. The van der Waals surface area contributed by atoms with Crippen molar-refractivity contribution in [2.24, 2.45) is 11.8 Å². The minimum absolute atomic E-state index is 0.204. The van der Waals surface area contributed by atoms with E-state index in [0.29, 0.717) is 24.9 Å². The van der Waals surface area contributed by atoms with Gasteiger partial charge in [-0.25, -0.2) is 0 Å². The lowest BCUT2D eigenvalue weighted by molar-refractivity contribution is -0.187. The molecule has 0 bridgehead atoms. The predicted molar refractivity (Wildman–Crippen MR) is 77.1 cm³/mol. The van der Waals surface area contributed by atoms with Gasteiger partial charge in [-0.05, 0) is 51.0 Å². The highest BCUT2D eigenvalue weighted by atomic mass is 19.4. The zero-order chi connectivity index (χ0) is 14.9. The molecular weight excluding hydrogens is 277 g/mol. The van der Waals surface area contributed by atoms with Crippen LogP contribution < -0.4 is 5.32 Å². The second kappa shape index (κ2) is 6.45. The Balaban J connectivity index is 1.50. The monoisotopic (exact) mass is 304 g/mol. The van der Waals surface area contributed by atoms with Gasteiger partial charge in [0.05, 0.1) is 5.92 Å². The van der Waals surface area contributed by atoms with Gasteiger partial charge in [0, 0.05) is 25.2 Å². The first kappa shape index (κ1) is 15.6. The lowest BCUT2D eigenvalue weighted by Crippen LogP contribution is -2.54. The Bertz CT molecular complexity index is 345. The maximum absolute atomic E-state index is 12.9. The van der Waals surface area contributed by atoms with Crippen LogP contribution in [0.1, 0.15) is 51.4 Å². The molecule has 1 N–H and O–H groups in total. The number of piperidine rings is 2. The molecule has 0 amide bonds. The smallest absolute Gasteiger partial charge is 0.310 e. The largest absolute Gasteiger partial charge is 0.393 e. The molecule has 0 aromatic carbocycles. The average Bonchev–Trinajstić information content (AvgIpc) is 2.46. The molecule has 3 fully saturated rings. The van der Waals surface area contributed by atoms with Gasteiger partial charge in [0.25, 0.3) is 0 Å². The fraction of sp³-hybridized carbons (Fsp3) is 1.00. The minimum Gasteiger partial charge on any atom is -0.310 e. The highest BCUT2D eigenvalue weighted by molar-refractivity contribution is 4.91. The lowest BCUT2D eigenvalue weighted by Gasteiger charge is -2.43. The number of alkyl halides is 3. The van der Waals surface area contributed by atoms with Crippen LogP contribution in [0, 0.1) is 11.8 Å². The van der Waals surface area contributed by atoms with E-state index in [0.717, 1.165) is 25.4 Å². The van der Waals surface area contributed by atoms with Crippen LogP contribution >= 0.6 is 0 Å². The maximum Gasteiger partial charge on any atom is 0.393 e. The number of nitrogens with zero attached hydrogens (tertiary/aromatic N) is 1. The molecule has 4 atom stereocenters. The molecule has 3 aliphatic rings. The molecule has 2 heterocycles. The summed E-state index contributed by atoms with van der Waals surface area (Å²) in [5.74, 6) is -0.295. The fourth-order valence-corrected chi connectivity index (χ4v) is 4.52. The topological polar surface area (TPSA) is 15.3 Å². The highest BCUT2D eigenvalue weighted by Gasteiger charge is 2.42. The van der Waals surface area contributed by atoms with Crippen molar-refractivity contribution in [1.29, 1.82) is 0 Å². The van der Waals surface area contributed by atoms with Crippen molar-refractivity contribution < 1.29 is 13.2 Å². The van der Waals surface area contributed by atoms with Gasteiger partial charge in [-0.1, -0.05) is 12.8 Å². The van der Waals surface area contributed by atoms with Crippen LogP contribution in [-0.2, 0) is 0 Å². The van der Waals surface area contributed by atoms with E-state index < -0.39 is 12.1 Å². The Hall–Kier alpha value is -0.290. The SMILES string of the molecule is FC(F)(F)C1CCCN(CC2CCC3CCCCC3N2)C1. The Morgan fingerprint density at radius 1 is 0.952 bits per heavy atom. The second-order valence-corrected chi connectivity index (χ2v) is 7.23. The van der Waals surface area contributed by atoms with E-state index in [1.54, 1.807) is 0 Å². The lowest BCUT2D eigenvalue weighted by atomic mass is 9.77. The van der Waals surface area contributed by atoms with Crippen molar-refractivity contribution in [3.05, 3.63) is 0 Å². The summed E-state index contributed by atoms with van der Waals surface area (Å²) in [6.45, 7) is 1.84. The Morgan fingerprint density at radius 3 is 2.57 bits per heavy atom. The summed E-state index contributed by atoms with van der Waals surface area (Å²) >= 11 is 0. The molecule has 0 radical (unpaired) electrons. The van der Waals surface area contributed by atoms with E-state index in [1.165, 1.54) is 32.1 Å². The van der Waals surface area contributed by atoms with Crippen LogP contribution in [0.4, 0.5) is 13.2 Å². The van der Waals surface area contributed by atoms with Crippen molar-refractivity contribution in [3.8, 4) is 0 Å². The second-order valence-electron chi connectivity index (χ2n) is 7.23. The number of likely N-dealkylation sites (tertiary alicyclic amines) is 1. The van der Waals surface area contributed by atoms with Crippen LogP contribution in [0.15, 0.2) is 0 Å². The number of nitrogens with one attached hydrogen (secondary N) is 1. The fourth-order valence-electron chi connectivity index (χ4n) is 4.52. The van der Waals surface area contributed by atoms with E-state index in [9.17, 15) is 13.2 Å². The summed E-state index contributed by atoms with van der Waals surface area (Å²) in [4.78, 5) is 2.04. The van der Waals surface area contributed by atoms with Crippen molar-refractivity contribution in [3.63, 3.8) is 0 Å². The first-order chi connectivity index (χ1) is 10.0. The molecular formula is C16H27F3N2. The molecule has 1 saturated carbocycles. The molecule has 2 nitrogen and oxygen atoms in total. The van der Waals surface area contributed by atoms with Crippen LogP contribution in [0.5, 0.6) is 0 Å². The van der Waals surface area contributed by atoms with E-state index in [2.05, 4.69) is 5.32 Å². The third-order valence-electron chi connectivity index (χ3n) is 5.69. The van der Waals surface area contributed by atoms with Crippen LogP contribution in [0.2, 0.25) is 0 Å². The van der Waals surface area contributed by atoms with Crippen LogP contribution in [0.25, 0.3) is 0 Å². The number of hydrogen-bond acceptors (Lipinski definition) is 2. The summed E-state index contributed by atoms with van der Waals surface area (Å²) in [6, 6.07) is 1.03. The van der Waals surface area contributed by atoms with E-state index >= 15 is 0 Å². The van der Waals surface area contributed by atoms with Gasteiger partial charge in [-0.15, -0.1) is 0 Å². The maximum atomic E-state index is 12.9. The Kier molecular flexibility index (Phi) is 4.79. The zero-order valence-electron chi connectivity index (χ0n) is 12.7. The van der Waals surface area contributed by atoms with E-state index in [4.69, 9.17) is 0 Å². The third kappa shape index (κ3) is 3.92. The third-order valence-corrected chi connectivity index (χ3v) is 5.69. The average molecular weight is 304 g/mol. The van der Waals surface area contributed by atoms with Crippen molar-refractivity contribution >= 4 is 0 Å². The Morgan fingerprint density at radius 2 is 1.76 bits per heavy atom. The van der Waals surface area contributed by atoms with Crippen molar-refractivity contribution in [2.75, 3.05) is 19.6 Å². The van der Waals surface area contributed by atoms with Gasteiger partial charge >= 0.3 is 6.18 Å². The molecule has 1 aliphatic carbocycles. The molecule has 5 heteroatoms. The van der Waals surface area contributed by atoms with Gasteiger partial charge in [0.2, 0.25) is 0 Å². The van der Waals surface area contributed by atoms with Gasteiger partial charge in [0.1, 0.15) is 0 Å². The number of hydrogen-bond donors (Lipinski definition) is 1. The first-order valence-corrected chi connectivity index (χ1v) is 8.57. The molecule has 0 aromatic rings. The van der Waals surface area contributed by atoms with E-state index in [1.807, 2.05) is 4.90 Å². The summed E-state index contributed by atoms with van der Waals surface area (Å²) in [6.07, 6.45) is 4.62.